The molecule has 0 unspecified atom stereocenters. The molecule has 12 heavy (non-hydrogen) atoms. The van der Waals surface area contributed by atoms with Crippen LogP contribution in [0.3, 0.4) is 0 Å². The van der Waals surface area contributed by atoms with Crippen LogP contribution in [-0.4, -0.2) is 17.5 Å². The first-order valence-electron chi connectivity index (χ1n) is 3.87. The summed E-state index contributed by atoms with van der Waals surface area (Å²) in [7, 11) is 0. The van der Waals surface area contributed by atoms with Crippen LogP contribution >= 0.6 is 23.1 Å². The van der Waals surface area contributed by atoms with Crippen molar-refractivity contribution in [2.75, 3.05) is 12.3 Å². The minimum Gasteiger partial charge on any atom is -0.361 e. The van der Waals surface area contributed by atoms with Crippen LogP contribution in [0.15, 0.2) is 21.8 Å². The van der Waals surface area contributed by atoms with Crippen LogP contribution in [0, 0.1) is 0 Å². The number of amidine groups is 1. The summed E-state index contributed by atoms with van der Waals surface area (Å²) in [5.41, 5.74) is 1.34. The first-order valence-corrected chi connectivity index (χ1v) is 5.80. The Balaban J connectivity index is 1.82. The van der Waals surface area contributed by atoms with Gasteiger partial charge in [-0.15, -0.1) is 0 Å². The molecule has 0 saturated heterocycles. The molecule has 2 nitrogen and oxygen atoms in total. The first kappa shape index (κ1) is 8.13. The molecular weight excluding hydrogens is 188 g/mol. The molecular formula is C8H10N2S2. The molecule has 2 rings (SSSR count). The molecule has 0 bridgehead atoms. The van der Waals surface area contributed by atoms with Gasteiger partial charge in [-0.2, -0.15) is 11.3 Å². The van der Waals surface area contributed by atoms with Gasteiger partial charge in [0.2, 0.25) is 0 Å². The van der Waals surface area contributed by atoms with E-state index in [0.29, 0.717) is 0 Å². The second-order valence-electron chi connectivity index (χ2n) is 2.52. The second kappa shape index (κ2) is 3.96. The SMILES string of the molecule is c1cc(CNC2=NCCS2)cs1. The zero-order valence-corrected chi connectivity index (χ0v) is 8.25. The topological polar surface area (TPSA) is 24.4 Å². The van der Waals surface area contributed by atoms with E-state index in [2.05, 4.69) is 27.1 Å². The van der Waals surface area contributed by atoms with Crippen molar-refractivity contribution in [2.24, 2.45) is 4.99 Å². The second-order valence-corrected chi connectivity index (χ2v) is 4.38. The molecule has 0 fully saturated rings. The van der Waals surface area contributed by atoms with Gasteiger partial charge in [0.1, 0.15) is 0 Å². The Bertz CT molecular complexity index is 267. The van der Waals surface area contributed by atoms with E-state index >= 15 is 0 Å². The zero-order chi connectivity index (χ0) is 8.23. The van der Waals surface area contributed by atoms with Crippen molar-refractivity contribution in [1.29, 1.82) is 0 Å². The van der Waals surface area contributed by atoms with E-state index in [1.165, 1.54) is 5.56 Å². The summed E-state index contributed by atoms with van der Waals surface area (Å²) in [6.07, 6.45) is 0. The van der Waals surface area contributed by atoms with Crippen LogP contribution in [0.2, 0.25) is 0 Å². The van der Waals surface area contributed by atoms with Crippen molar-refractivity contribution >= 4 is 28.3 Å². The Hall–Kier alpha value is -0.480. The lowest BCUT2D eigenvalue weighted by molar-refractivity contribution is 0.928. The van der Waals surface area contributed by atoms with Gasteiger partial charge < -0.3 is 5.32 Å². The van der Waals surface area contributed by atoms with E-state index in [9.17, 15) is 0 Å². The Morgan fingerprint density at radius 2 is 2.58 bits per heavy atom. The molecule has 0 atom stereocenters. The molecule has 1 aromatic rings. The molecule has 4 heteroatoms. The predicted molar refractivity (Wildman–Crippen MR) is 55.9 cm³/mol. The molecule has 64 valence electrons. The van der Waals surface area contributed by atoms with Crippen LogP contribution in [-0.2, 0) is 6.54 Å². The van der Waals surface area contributed by atoms with E-state index in [-0.39, 0.29) is 0 Å². The van der Waals surface area contributed by atoms with Gasteiger partial charge >= 0.3 is 0 Å². The van der Waals surface area contributed by atoms with Gasteiger partial charge in [0, 0.05) is 12.3 Å². The minimum atomic E-state index is 0.912. The normalized spacial score (nSPS) is 16.2. The van der Waals surface area contributed by atoms with Crippen molar-refractivity contribution in [3.05, 3.63) is 22.4 Å². The van der Waals surface area contributed by atoms with Gasteiger partial charge in [0.15, 0.2) is 5.17 Å². The molecule has 2 heterocycles. The molecule has 0 radical (unpaired) electrons. The number of nitrogens with one attached hydrogen (secondary N) is 1. The Morgan fingerprint density at radius 1 is 1.58 bits per heavy atom. The van der Waals surface area contributed by atoms with Gasteiger partial charge in [-0.1, -0.05) is 11.8 Å². The maximum atomic E-state index is 4.31. The number of thioether (sulfide) groups is 1. The average molecular weight is 198 g/mol. The highest BCUT2D eigenvalue weighted by Gasteiger charge is 2.05. The third-order valence-corrected chi connectivity index (χ3v) is 3.27. The molecule has 1 aliphatic rings. The lowest BCUT2D eigenvalue weighted by Gasteiger charge is -2.01. The lowest BCUT2D eigenvalue weighted by Crippen LogP contribution is -2.17. The van der Waals surface area contributed by atoms with Crippen LogP contribution in [0.1, 0.15) is 5.56 Å². The quantitative estimate of drug-likeness (QED) is 0.785. The van der Waals surface area contributed by atoms with Crippen molar-refractivity contribution in [3.63, 3.8) is 0 Å². The third kappa shape index (κ3) is 2.01. The molecule has 0 spiro atoms. The molecule has 0 amide bonds. The highest BCUT2D eigenvalue weighted by atomic mass is 32.2. The van der Waals surface area contributed by atoms with Gasteiger partial charge in [-0.05, 0) is 22.4 Å². The largest absolute Gasteiger partial charge is 0.361 e. The molecule has 0 saturated carbocycles. The monoisotopic (exact) mass is 198 g/mol. The summed E-state index contributed by atoms with van der Waals surface area (Å²) in [5.74, 6) is 1.13. The van der Waals surface area contributed by atoms with Gasteiger partial charge in [-0.3, -0.25) is 4.99 Å². The number of hydrogen-bond donors (Lipinski definition) is 1. The van der Waals surface area contributed by atoms with Gasteiger partial charge in [0.05, 0.1) is 6.54 Å². The summed E-state index contributed by atoms with van der Waals surface area (Å²) in [4.78, 5) is 4.31. The predicted octanol–water partition coefficient (Wildman–Crippen LogP) is 1.94. The maximum absolute atomic E-state index is 4.31. The number of aliphatic imine (C=N–C) groups is 1. The van der Waals surface area contributed by atoms with Crippen LogP contribution in [0.25, 0.3) is 0 Å². The van der Waals surface area contributed by atoms with Crippen LogP contribution < -0.4 is 5.32 Å². The highest BCUT2D eigenvalue weighted by Crippen LogP contribution is 2.10. The Labute approximate surface area is 80.1 Å². The Kier molecular flexibility index (Phi) is 2.68. The smallest absolute Gasteiger partial charge is 0.156 e. The summed E-state index contributed by atoms with van der Waals surface area (Å²) in [5, 5.41) is 8.66. The minimum absolute atomic E-state index is 0.912. The number of hydrogen-bond acceptors (Lipinski definition) is 4. The van der Waals surface area contributed by atoms with E-state index in [1.807, 2.05) is 0 Å². The highest BCUT2D eigenvalue weighted by molar-refractivity contribution is 8.14. The number of nitrogens with zero attached hydrogens (tertiary/aromatic N) is 1. The zero-order valence-electron chi connectivity index (χ0n) is 6.62. The standard InChI is InChI=1S/C8H10N2S2/c1-3-11-6-7(1)5-10-8-9-2-4-12-8/h1,3,6H,2,4-5H2,(H,9,10). The fourth-order valence-corrected chi connectivity index (χ4v) is 2.41. The van der Waals surface area contributed by atoms with Crippen molar-refractivity contribution in [3.8, 4) is 0 Å². The summed E-state index contributed by atoms with van der Waals surface area (Å²) in [6.45, 7) is 1.88. The van der Waals surface area contributed by atoms with E-state index in [0.717, 1.165) is 24.0 Å². The fourth-order valence-electron chi connectivity index (χ4n) is 1.01. The molecule has 0 aromatic carbocycles. The molecule has 1 aromatic heterocycles. The van der Waals surface area contributed by atoms with E-state index in [1.54, 1.807) is 23.1 Å². The maximum Gasteiger partial charge on any atom is 0.156 e. The lowest BCUT2D eigenvalue weighted by atomic mass is 10.3. The van der Waals surface area contributed by atoms with Crippen LogP contribution in [0.4, 0.5) is 0 Å². The first-order chi connectivity index (χ1) is 5.95. The summed E-state index contributed by atoms with van der Waals surface area (Å²) >= 11 is 3.54. The van der Waals surface area contributed by atoms with Gasteiger partial charge in [-0.25, -0.2) is 0 Å². The van der Waals surface area contributed by atoms with Crippen LogP contribution in [0.5, 0.6) is 0 Å². The van der Waals surface area contributed by atoms with E-state index in [4.69, 9.17) is 0 Å². The number of rotatable bonds is 2. The van der Waals surface area contributed by atoms with Crippen molar-refractivity contribution < 1.29 is 0 Å². The third-order valence-electron chi connectivity index (χ3n) is 1.61. The number of thiophene rings is 1. The molecule has 1 aliphatic heterocycles. The van der Waals surface area contributed by atoms with Gasteiger partial charge in [0.25, 0.3) is 0 Å². The van der Waals surface area contributed by atoms with Crippen molar-refractivity contribution in [2.45, 2.75) is 6.54 Å². The summed E-state index contributed by atoms with van der Waals surface area (Å²) in [6, 6.07) is 2.14. The average Bonchev–Trinajstić information content (AvgIpc) is 2.74. The molecule has 0 aliphatic carbocycles. The van der Waals surface area contributed by atoms with Crippen molar-refractivity contribution in [1.82, 2.24) is 5.32 Å². The Morgan fingerprint density at radius 3 is 3.25 bits per heavy atom. The fraction of sp³-hybridized carbons (Fsp3) is 0.375. The molecule has 1 N–H and O–H groups in total. The van der Waals surface area contributed by atoms with E-state index < -0.39 is 0 Å². The summed E-state index contributed by atoms with van der Waals surface area (Å²) < 4.78 is 0.